The first kappa shape index (κ1) is 10.1. The first-order valence-corrected chi connectivity index (χ1v) is 6.06. The molecular weight excluding hydrogens is 196 g/mol. The summed E-state index contributed by atoms with van der Waals surface area (Å²) in [6.07, 6.45) is 3.73. The van der Waals surface area contributed by atoms with Crippen molar-refractivity contribution < 1.29 is 9.84 Å². The summed E-state index contributed by atoms with van der Waals surface area (Å²) >= 11 is 1.76. The maximum Gasteiger partial charge on any atom is 0.0834 e. The highest BCUT2D eigenvalue weighted by atomic mass is 32.1. The maximum absolute atomic E-state index is 9.83. The summed E-state index contributed by atoms with van der Waals surface area (Å²) in [6.45, 7) is 0.820. The van der Waals surface area contributed by atoms with Crippen LogP contribution in [0.4, 0.5) is 0 Å². The van der Waals surface area contributed by atoms with Gasteiger partial charge in [-0.1, -0.05) is 6.07 Å². The molecule has 1 saturated heterocycles. The average molecular weight is 212 g/mol. The minimum absolute atomic E-state index is 0.0926. The SMILES string of the molecule is OC(CCc1cccs1)C1CCCO1. The van der Waals surface area contributed by atoms with E-state index in [2.05, 4.69) is 17.5 Å². The standard InChI is InChI=1S/C11H16O2S/c12-10(11-4-1-7-13-11)6-5-9-3-2-8-14-9/h2-3,8,10-12H,1,4-7H2. The van der Waals surface area contributed by atoms with Crippen molar-refractivity contribution in [2.45, 2.75) is 37.9 Å². The van der Waals surface area contributed by atoms with Crippen molar-refractivity contribution in [1.82, 2.24) is 0 Å². The van der Waals surface area contributed by atoms with Gasteiger partial charge in [-0.3, -0.25) is 0 Å². The molecule has 78 valence electrons. The third-order valence-electron chi connectivity index (χ3n) is 2.66. The Hall–Kier alpha value is -0.380. The lowest BCUT2D eigenvalue weighted by Crippen LogP contribution is -2.25. The summed E-state index contributed by atoms with van der Waals surface area (Å²) in [5.74, 6) is 0. The Morgan fingerprint density at radius 3 is 3.21 bits per heavy atom. The lowest BCUT2D eigenvalue weighted by Gasteiger charge is -2.16. The van der Waals surface area contributed by atoms with Gasteiger partial charge < -0.3 is 9.84 Å². The maximum atomic E-state index is 9.83. The second-order valence-corrected chi connectivity index (χ2v) is 4.77. The van der Waals surface area contributed by atoms with Gasteiger partial charge in [0.05, 0.1) is 12.2 Å². The number of hydrogen-bond acceptors (Lipinski definition) is 3. The van der Waals surface area contributed by atoms with E-state index >= 15 is 0 Å². The van der Waals surface area contributed by atoms with Gasteiger partial charge in [0, 0.05) is 11.5 Å². The molecule has 0 radical (unpaired) electrons. The second kappa shape index (κ2) is 4.91. The quantitative estimate of drug-likeness (QED) is 0.829. The molecule has 1 aromatic rings. The van der Waals surface area contributed by atoms with Crippen molar-refractivity contribution in [2.75, 3.05) is 6.61 Å². The first-order valence-electron chi connectivity index (χ1n) is 5.18. The van der Waals surface area contributed by atoms with E-state index in [1.54, 1.807) is 11.3 Å². The van der Waals surface area contributed by atoms with E-state index in [-0.39, 0.29) is 12.2 Å². The van der Waals surface area contributed by atoms with E-state index in [4.69, 9.17) is 4.74 Å². The van der Waals surface area contributed by atoms with Crippen molar-refractivity contribution in [3.8, 4) is 0 Å². The molecule has 1 N–H and O–H groups in total. The van der Waals surface area contributed by atoms with E-state index in [9.17, 15) is 5.11 Å². The number of rotatable bonds is 4. The number of thiophene rings is 1. The minimum Gasteiger partial charge on any atom is -0.390 e. The molecule has 0 saturated carbocycles. The second-order valence-electron chi connectivity index (χ2n) is 3.74. The fourth-order valence-electron chi connectivity index (χ4n) is 1.84. The molecule has 14 heavy (non-hydrogen) atoms. The highest BCUT2D eigenvalue weighted by Crippen LogP contribution is 2.20. The van der Waals surface area contributed by atoms with Gasteiger partial charge in [-0.2, -0.15) is 0 Å². The topological polar surface area (TPSA) is 29.5 Å². The Labute approximate surface area is 88.5 Å². The van der Waals surface area contributed by atoms with E-state index in [1.165, 1.54) is 4.88 Å². The predicted octanol–water partition coefficient (Wildman–Crippen LogP) is 2.22. The molecule has 1 fully saturated rings. The van der Waals surface area contributed by atoms with Gasteiger partial charge in [0.15, 0.2) is 0 Å². The van der Waals surface area contributed by atoms with Gasteiger partial charge in [-0.15, -0.1) is 11.3 Å². The zero-order valence-electron chi connectivity index (χ0n) is 8.19. The average Bonchev–Trinajstić information content (AvgIpc) is 2.87. The largest absolute Gasteiger partial charge is 0.390 e. The third-order valence-corrected chi connectivity index (χ3v) is 3.60. The van der Waals surface area contributed by atoms with Gasteiger partial charge in [0.2, 0.25) is 0 Å². The molecule has 0 spiro atoms. The summed E-state index contributed by atoms with van der Waals surface area (Å²) in [7, 11) is 0. The Balaban J connectivity index is 1.74. The van der Waals surface area contributed by atoms with Crippen molar-refractivity contribution in [1.29, 1.82) is 0 Å². The lowest BCUT2D eigenvalue weighted by molar-refractivity contribution is -0.00492. The number of ether oxygens (including phenoxy) is 1. The minimum atomic E-state index is -0.278. The van der Waals surface area contributed by atoms with E-state index < -0.39 is 0 Å². The Morgan fingerprint density at radius 2 is 2.57 bits per heavy atom. The molecule has 0 amide bonds. The van der Waals surface area contributed by atoms with Crippen LogP contribution in [0.1, 0.15) is 24.1 Å². The molecule has 2 atom stereocenters. The van der Waals surface area contributed by atoms with E-state index in [0.29, 0.717) is 0 Å². The normalized spacial score (nSPS) is 23.9. The van der Waals surface area contributed by atoms with Gasteiger partial charge in [0.25, 0.3) is 0 Å². The van der Waals surface area contributed by atoms with Crippen LogP contribution < -0.4 is 0 Å². The summed E-state index contributed by atoms with van der Waals surface area (Å²) in [6, 6.07) is 4.17. The van der Waals surface area contributed by atoms with Crippen LogP contribution in [-0.4, -0.2) is 23.9 Å². The van der Waals surface area contributed by atoms with Crippen LogP contribution in [0.15, 0.2) is 17.5 Å². The molecule has 1 aliphatic rings. The van der Waals surface area contributed by atoms with Crippen LogP contribution in [0.5, 0.6) is 0 Å². The molecular formula is C11H16O2S. The Kier molecular flexibility index (Phi) is 3.56. The third kappa shape index (κ3) is 2.56. The first-order chi connectivity index (χ1) is 6.86. The van der Waals surface area contributed by atoms with Crippen LogP contribution >= 0.6 is 11.3 Å². The fraction of sp³-hybridized carbons (Fsp3) is 0.636. The van der Waals surface area contributed by atoms with Gasteiger partial charge in [0.1, 0.15) is 0 Å². The molecule has 0 aliphatic carbocycles. The monoisotopic (exact) mass is 212 g/mol. The van der Waals surface area contributed by atoms with Crippen LogP contribution in [0, 0.1) is 0 Å². The molecule has 0 bridgehead atoms. The van der Waals surface area contributed by atoms with Crippen molar-refractivity contribution in [2.24, 2.45) is 0 Å². The van der Waals surface area contributed by atoms with Crippen molar-refractivity contribution in [3.63, 3.8) is 0 Å². The molecule has 0 aromatic carbocycles. The summed E-state index contributed by atoms with van der Waals surface area (Å²) in [5.41, 5.74) is 0. The summed E-state index contributed by atoms with van der Waals surface area (Å²) in [4.78, 5) is 1.35. The molecule has 1 aliphatic heterocycles. The van der Waals surface area contributed by atoms with Crippen LogP contribution in [0.2, 0.25) is 0 Å². The Morgan fingerprint density at radius 1 is 1.64 bits per heavy atom. The van der Waals surface area contributed by atoms with Crippen molar-refractivity contribution in [3.05, 3.63) is 22.4 Å². The Bertz CT molecular complexity index is 252. The number of aliphatic hydroxyl groups excluding tert-OH is 1. The van der Waals surface area contributed by atoms with E-state index in [0.717, 1.165) is 32.3 Å². The highest BCUT2D eigenvalue weighted by molar-refractivity contribution is 7.09. The zero-order chi connectivity index (χ0) is 9.80. The van der Waals surface area contributed by atoms with Crippen LogP contribution in [0.25, 0.3) is 0 Å². The highest BCUT2D eigenvalue weighted by Gasteiger charge is 2.23. The molecule has 2 heterocycles. The predicted molar refractivity (Wildman–Crippen MR) is 57.6 cm³/mol. The van der Waals surface area contributed by atoms with Crippen LogP contribution in [0.3, 0.4) is 0 Å². The molecule has 2 nitrogen and oxygen atoms in total. The van der Waals surface area contributed by atoms with Gasteiger partial charge in [-0.05, 0) is 37.1 Å². The smallest absolute Gasteiger partial charge is 0.0834 e. The van der Waals surface area contributed by atoms with Gasteiger partial charge >= 0.3 is 0 Å². The molecule has 1 aromatic heterocycles. The summed E-state index contributed by atoms with van der Waals surface area (Å²) in [5, 5.41) is 11.9. The molecule has 3 heteroatoms. The zero-order valence-corrected chi connectivity index (χ0v) is 9.00. The van der Waals surface area contributed by atoms with Crippen LogP contribution in [-0.2, 0) is 11.2 Å². The number of hydrogen-bond donors (Lipinski definition) is 1. The van der Waals surface area contributed by atoms with Gasteiger partial charge in [-0.25, -0.2) is 0 Å². The number of aryl methyl sites for hydroxylation is 1. The van der Waals surface area contributed by atoms with E-state index in [1.807, 2.05) is 0 Å². The number of aliphatic hydroxyl groups is 1. The van der Waals surface area contributed by atoms with Crippen molar-refractivity contribution >= 4 is 11.3 Å². The fourth-order valence-corrected chi connectivity index (χ4v) is 2.56. The molecule has 2 rings (SSSR count). The summed E-state index contributed by atoms with van der Waals surface area (Å²) < 4.78 is 5.44. The molecule has 2 unspecified atom stereocenters. The lowest BCUT2D eigenvalue weighted by atomic mass is 10.1.